The Balaban J connectivity index is 3.41. The monoisotopic (exact) mass is 183 g/mol. The fraction of sp³-hybridized carbons (Fsp3) is 0.333. The summed E-state index contributed by atoms with van der Waals surface area (Å²) in [6, 6.07) is 1.35. The number of hydrogen-bond acceptors (Lipinski definition) is 3. The Bertz CT molecular complexity index is 320. The zero-order valence-electron chi connectivity index (χ0n) is 7.75. The molecule has 0 aliphatic rings. The zero-order chi connectivity index (χ0) is 10.0. The van der Waals surface area contributed by atoms with E-state index in [4.69, 9.17) is 9.47 Å². The molecule has 0 aliphatic carbocycles. The van der Waals surface area contributed by atoms with Gasteiger partial charge >= 0.3 is 0 Å². The molecule has 71 valence electrons. The second kappa shape index (κ2) is 3.43. The Hall–Kier alpha value is -1.58. The van der Waals surface area contributed by atoms with Crippen LogP contribution >= 0.6 is 0 Å². The molecular weight excluding hydrogens is 172 g/mol. The average molecular weight is 183 g/mol. The van der Waals surface area contributed by atoms with Gasteiger partial charge in [0.05, 0.1) is 14.2 Å². The van der Waals surface area contributed by atoms with Gasteiger partial charge in [0.25, 0.3) is 0 Å². The van der Waals surface area contributed by atoms with E-state index in [1.165, 1.54) is 20.3 Å². The highest BCUT2D eigenvalue weighted by Crippen LogP contribution is 2.45. The van der Waals surface area contributed by atoms with Crippen LogP contribution in [0.2, 0.25) is 0 Å². The van der Waals surface area contributed by atoms with Crippen molar-refractivity contribution in [2.45, 2.75) is 6.92 Å². The minimum Gasteiger partial charge on any atom is -0.504 e. The van der Waals surface area contributed by atoms with Crippen LogP contribution in [0.3, 0.4) is 0 Å². The summed E-state index contributed by atoms with van der Waals surface area (Å²) in [6.07, 6.45) is 0. The van der Waals surface area contributed by atoms with E-state index < -0.39 is 0 Å². The Morgan fingerprint density at radius 2 is 1.77 bits per heavy atom. The lowest BCUT2D eigenvalue weighted by Gasteiger charge is -2.10. The van der Waals surface area contributed by atoms with Crippen LogP contribution in [0.5, 0.6) is 23.0 Å². The fourth-order valence-corrected chi connectivity index (χ4v) is 1.12. The van der Waals surface area contributed by atoms with Crippen molar-refractivity contribution in [2.75, 3.05) is 14.2 Å². The number of rotatable bonds is 2. The molecule has 0 unspecified atom stereocenters. The lowest BCUT2D eigenvalue weighted by atomic mass is 10.2. The SMILES string of the molecule is COc1c(O)cc(C)c([O])c1OC. The Morgan fingerprint density at radius 1 is 1.23 bits per heavy atom. The van der Waals surface area contributed by atoms with Gasteiger partial charge in [-0.15, -0.1) is 0 Å². The normalized spacial score (nSPS) is 9.77. The van der Waals surface area contributed by atoms with E-state index in [2.05, 4.69) is 0 Å². The number of aryl methyl sites for hydroxylation is 1. The highest BCUT2D eigenvalue weighted by atomic mass is 16.5. The molecule has 1 N–H and O–H groups in total. The van der Waals surface area contributed by atoms with Crippen LogP contribution in [-0.4, -0.2) is 19.3 Å². The summed E-state index contributed by atoms with van der Waals surface area (Å²) in [4.78, 5) is 0. The molecule has 0 aliphatic heterocycles. The summed E-state index contributed by atoms with van der Waals surface area (Å²) in [5.74, 6) is -0.230. The Morgan fingerprint density at radius 3 is 2.23 bits per heavy atom. The molecule has 0 spiro atoms. The molecule has 1 aromatic rings. The second-order valence-corrected chi connectivity index (χ2v) is 2.61. The summed E-state index contributed by atoms with van der Waals surface area (Å²) in [5.41, 5.74) is 0.426. The van der Waals surface area contributed by atoms with Crippen molar-refractivity contribution >= 4 is 0 Å². The van der Waals surface area contributed by atoms with Crippen LogP contribution in [0.4, 0.5) is 0 Å². The fourth-order valence-electron chi connectivity index (χ4n) is 1.12. The predicted octanol–water partition coefficient (Wildman–Crippen LogP) is 1.86. The summed E-state index contributed by atoms with van der Waals surface area (Å²) < 4.78 is 9.66. The number of benzene rings is 1. The molecule has 0 bridgehead atoms. The summed E-state index contributed by atoms with van der Waals surface area (Å²) >= 11 is 0. The number of aromatic hydroxyl groups is 1. The first-order valence-electron chi connectivity index (χ1n) is 3.73. The third-order valence-electron chi connectivity index (χ3n) is 1.76. The molecule has 4 nitrogen and oxygen atoms in total. The maximum Gasteiger partial charge on any atom is 0.227 e. The van der Waals surface area contributed by atoms with Crippen molar-refractivity contribution in [3.63, 3.8) is 0 Å². The number of methoxy groups -OCH3 is 2. The van der Waals surface area contributed by atoms with Crippen molar-refractivity contribution in [3.8, 4) is 23.0 Å². The van der Waals surface area contributed by atoms with E-state index in [0.29, 0.717) is 5.56 Å². The van der Waals surface area contributed by atoms with E-state index in [0.717, 1.165) is 0 Å². The molecule has 1 radical (unpaired) electrons. The number of phenols is 1. The topological polar surface area (TPSA) is 58.6 Å². The second-order valence-electron chi connectivity index (χ2n) is 2.61. The van der Waals surface area contributed by atoms with Gasteiger partial charge in [-0.3, -0.25) is 5.11 Å². The van der Waals surface area contributed by atoms with Crippen LogP contribution < -0.4 is 9.47 Å². The van der Waals surface area contributed by atoms with Crippen molar-refractivity contribution in [3.05, 3.63) is 11.6 Å². The third-order valence-corrected chi connectivity index (χ3v) is 1.76. The van der Waals surface area contributed by atoms with Crippen LogP contribution in [0.25, 0.3) is 0 Å². The highest BCUT2D eigenvalue weighted by molar-refractivity contribution is 5.61. The first-order valence-corrected chi connectivity index (χ1v) is 3.73. The standard InChI is InChI=1S/C9H11O4/c1-5-4-6(10)8(12-2)9(13-3)7(5)11/h4,10H,1-3H3. The first kappa shape index (κ1) is 9.51. The third kappa shape index (κ3) is 1.47. The quantitative estimate of drug-likeness (QED) is 0.761. The van der Waals surface area contributed by atoms with Gasteiger partial charge in [-0.1, -0.05) is 0 Å². The molecule has 0 amide bonds. The van der Waals surface area contributed by atoms with Crippen molar-refractivity contribution < 1.29 is 19.7 Å². The molecular formula is C9H11O4. The maximum atomic E-state index is 11.4. The molecule has 0 saturated heterocycles. The summed E-state index contributed by atoms with van der Waals surface area (Å²) in [7, 11) is 2.73. The lowest BCUT2D eigenvalue weighted by Crippen LogP contribution is -1.92. The van der Waals surface area contributed by atoms with E-state index in [9.17, 15) is 10.2 Å². The van der Waals surface area contributed by atoms with Crippen molar-refractivity contribution in [1.29, 1.82) is 0 Å². The predicted molar refractivity (Wildman–Crippen MR) is 46.1 cm³/mol. The minimum atomic E-state index is -0.267. The van der Waals surface area contributed by atoms with Crippen LogP contribution in [-0.2, 0) is 5.11 Å². The van der Waals surface area contributed by atoms with Gasteiger partial charge in [-0.05, 0) is 13.0 Å². The van der Waals surface area contributed by atoms with E-state index in [1.807, 2.05) is 0 Å². The van der Waals surface area contributed by atoms with Gasteiger partial charge in [-0.2, -0.15) is 0 Å². The number of hydrogen-bond donors (Lipinski definition) is 1. The molecule has 0 atom stereocenters. The van der Waals surface area contributed by atoms with Gasteiger partial charge in [0.15, 0.2) is 5.75 Å². The van der Waals surface area contributed by atoms with Crippen LogP contribution in [0, 0.1) is 6.92 Å². The molecule has 0 aromatic heterocycles. The van der Waals surface area contributed by atoms with E-state index in [1.54, 1.807) is 6.92 Å². The summed E-state index contributed by atoms with van der Waals surface area (Å²) in [5, 5.41) is 20.8. The molecule has 4 heteroatoms. The molecule has 1 aromatic carbocycles. The summed E-state index contributed by atoms with van der Waals surface area (Å²) in [6.45, 7) is 1.60. The highest BCUT2D eigenvalue weighted by Gasteiger charge is 2.18. The van der Waals surface area contributed by atoms with Gasteiger partial charge in [0.1, 0.15) is 0 Å². The number of phenolic OH excluding ortho intramolecular Hbond substituents is 1. The van der Waals surface area contributed by atoms with Gasteiger partial charge in [0, 0.05) is 5.56 Å². The maximum absolute atomic E-state index is 11.4. The smallest absolute Gasteiger partial charge is 0.227 e. The van der Waals surface area contributed by atoms with Crippen LogP contribution in [0.1, 0.15) is 5.56 Å². The Labute approximate surface area is 76.3 Å². The van der Waals surface area contributed by atoms with E-state index in [-0.39, 0.29) is 23.0 Å². The van der Waals surface area contributed by atoms with Crippen LogP contribution in [0.15, 0.2) is 6.07 Å². The Kier molecular flexibility index (Phi) is 2.51. The average Bonchev–Trinajstić information content (AvgIpc) is 2.10. The lowest BCUT2D eigenvalue weighted by molar-refractivity contribution is 0.287. The van der Waals surface area contributed by atoms with Crippen molar-refractivity contribution in [2.24, 2.45) is 0 Å². The van der Waals surface area contributed by atoms with Gasteiger partial charge < -0.3 is 14.6 Å². The molecule has 0 fully saturated rings. The zero-order valence-corrected chi connectivity index (χ0v) is 7.75. The molecule has 0 heterocycles. The van der Waals surface area contributed by atoms with Crippen molar-refractivity contribution in [1.82, 2.24) is 0 Å². The minimum absolute atomic E-state index is 0.0417. The largest absolute Gasteiger partial charge is 0.504 e. The molecule has 1 rings (SSSR count). The first-order chi connectivity index (χ1) is 6.11. The molecule has 0 saturated carbocycles. The van der Waals surface area contributed by atoms with Gasteiger partial charge in [-0.25, -0.2) is 0 Å². The van der Waals surface area contributed by atoms with E-state index >= 15 is 0 Å². The van der Waals surface area contributed by atoms with Gasteiger partial charge in [0.2, 0.25) is 17.2 Å². The molecule has 13 heavy (non-hydrogen) atoms. The number of ether oxygens (including phenoxy) is 2.